The Morgan fingerprint density at radius 1 is 0.920 bits per heavy atom. The van der Waals surface area contributed by atoms with Gasteiger partial charge in [-0.1, -0.05) is 35.4 Å². The van der Waals surface area contributed by atoms with Crippen molar-refractivity contribution in [1.82, 2.24) is 5.32 Å². The monoisotopic (exact) mass is 359 g/mol. The number of hydrogen-bond donors (Lipinski definition) is 3. The minimum Gasteiger partial charge on any atom is -0.329 e. The van der Waals surface area contributed by atoms with Crippen LogP contribution in [-0.2, 0) is 4.79 Å². The first kappa shape index (κ1) is 18.8. The maximum absolute atomic E-state index is 12.1. The van der Waals surface area contributed by atoms with Crippen LogP contribution in [0.15, 0.2) is 30.3 Å². The van der Waals surface area contributed by atoms with E-state index in [1.165, 1.54) is 0 Å². The number of nitrogens with one attached hydrogen (secondary N) is 3. The zero-order valence-electron chi connectivity index (χ0n) is 14.8. The fourth-order valence-electron chi connectivity index (χ4n) is 2.57. The van der Waals surface area contributed by atoms with Gasteiger partial charge in [0.1, 0.15) is 0 Å². The van der Waals surface area contributed by atoms with Crippen LogP contribution in [0.4, 0.5) is 16.2 Å². The molecule has 2 rings (SSSR count). The van der Waals surface area contributed by atoms with Crippen molar-refractivity contribution >= 4 is 34.9 Å². The number of carbonyl (C=O) groups excluding carboxylic acids is 2. The number of anilines is 2. The molecule has 25 heavy (non-hydrogen) atoms. The van der Waals surface area contributed by atoms with Gasteiger partial charge >= 0.3 is 6.03 Å². The Bertz CT molecular complexity index is 795. The molecule has 0 radical (unpaired) electrons. The van der Waals surface area contributed by atoms with Crippen molar-refractivity contribution in [3.63, 3.8) is 0 Å². The van der Waals surface area contributed by atoms with Crippen LogP contribution in [0, 0.1) is 27.7 Å². The quantitative estimate of drug-likeness (QED) is 0.760. The molecule has 0 aliphatic heterocycles. The standard InChI is InChI=1S/C19H22ClN3O2/c1-11-7-13(3)18(14(4)8-11)23-17(24)10-21-19(25)22-15-6-5-12(2)16(20)9-15/h5-9H,10H2,1-4H3,(H,23,24)(H2,21,22,25). The zero-order valence-corrected chi connectivity index (χ0v) is 15.5. The molecule has 0 saturated carbocycles. The van der Waals surface area contributed by atoms with Gasteiger partial charge in [-0.05, 0) is 56.5 Å². The lowest BCUT2D eigenvalue weighted by Crippen LogP contribution is -2.36. The predicted octanol–water partition coefficient (Wildman–Crippen LogP) is 4.33. The van der Waals surface area contributed by atoms with Gasteiger partial charge in [-0.25, -0.2) is 4.79 Å². The van der Waals surface area contributed by atoms with Crippen LogP contribution in [-0.4, -0.2) is 18.5 Å². The average Bonchev–Trinajstić information content (AvgIpc) is 2.52. The van der Waals surface area contributed by atoms with Crippen LogP contribution in [0.2, 0.25) is 5.02 Å². The summed E-state index contributed by atoms with van der Waals surface area (Å²) in [5.41, 5.74) is 5.40. The summed E-state index contributed by atoms with van der Waals surface area (Å²) in [7, 11) is 0. The molecule has 0 aliphatic rings. The van der Waals surface area contributed by atoms with Crippen molar-refractivity contribution in [2.45, 2.75) is 27.7 Å². The Balaban J connectivity index is 1.89. The minimum absolute atomic E-state index is 0.127. The van der Waals surface area contributed by atoms with Crippen molar-refractivity contribution in [3.8, 4) is 0 Å². The maximum atomic E-state index is 12.1. The van der Waals surface area contributed by atoms with E-state index < -0.39 is 6.03 Å². The summed E-state index contributed by atoms with van der Waals surface area (Å²) >= 11 is 6.02. The second-order valence-corrected chi connectivity index (χ2v) is 6.50. The fraction of sp³-hybridized carbons (Fsp3) is 0.263. The number of halogens is 1. The number of urea groups is 1. The van der Waals surface area contributed by atoms with Crippen LogP contribution in [0.3, 0.4) is 0 Å². The zero-order chi connectivity index (χ0) is 18.6. The number of carbonyl (C=O) groups is 2. The van der Waals surface area contributed by atoms with Gasteiger partial charge in [-0.15, -0.1) is 0 Å². The molecule has 0 fully saturated rings. The second kappa shape index (κ2) is 8.03. The summed E-state index contributed by atoms with van der Waals surface area (Å²) in [5, 5.41) is 8.58. The van der Waals surface area contributed by atoms with Gasteiger partial charge in [0, 0.05) is 16.4 Å². The molecule has 3 amide bonds. The molecule has 0 heterocycles. The summed E-state index contributed by atoms with van der Waals surface area (Å²) in [4.78, 5) is 24.0. The van der Waals surface area contributed by atoms with Gasteiger partial charge in [0.05, 0.1) is 6.54 Å². The molecule has 6 heteroatoms. The second-order valence-electron chi connectivity index (χ2n) is 6.09. The Labute approximate surface area is 152 Å². The first-order valence-corrected chi connectivity index (χ1v) is 8.33. The van der Waals surface area contributed by atoms with Crippen molar-refractivity contribution in [3.05, 3.63) is 57.6 Å². The third-order valence-corrected chi connectivity index (χ3v) is 4.19. The van der Waals surface area contributed by atoms with Crippen molar-refractivity contribution in [2.24, 2.45) is 0 Å². The normalized spacial score (nSPS) is 10.3. The van der Waals surface area contributed by atoms with E-state index in [1.807, 2.05) is 45.9 Å². The molecule has 132 valence electrons. The molecular formula is C19H22ClN3O2. The Hall–Kier alpha value is -2.53. The number of rotatable bonds is 4. The van der Waals surface area contributed by atoms with Gasteiger partial charge in [0.15, 0.2) is 0 Å². The molecule has 0 saturated heterocycles. The van der Waals surface area contributed by atoms with E-state index in [1.54, 1.807) is 12.1 Å². The lowest BCUT2D eigenvalue weighted by molar-refractivity contribution is -0.115. The summed E-state index contributed by atoms with van der Waals surface area (Å²) in [6.07, 6.45) is 0. The number of hydrogen-bond acceptors (Lipinski definition) is 2. The first-order chi connectivity index (χ1) is 11.8. The Kier molecular flexibility index (Phi) is 6.04. The van der Waals surface area contributed by atoms with E-state index >= 15 is 0 Å². The van der Waals surface area contributed by atoms with Crippen LogP contribution >= 0.6 is 11.6 Å². The van der Waals surface area contributed by atoms with E-state index in [4.69, 9.17) is 11.6 Å². The minimum atomic E-state index is -0.465. The van der Waals surface area contributed by atoms with Gasteiger partial charge in [0.2, 0.25) is 5.91 Å². The maximum Gasteiger partial charge on any atom is 0.319 e. The van der Waals surface area contributed by atoms with E-state index in [0.717, 1.165) is 27.9 Å². The summed E-state index contributed by atoms with van der Waals surface area (Å²) in [5.74, 6) is -0.285. The highest BCUT2D eigenvalue weighted by atomic mass is 35.5. The molecule has 5 nitrogen and oxygen atoms in total. The van der Waals surface area contributed by atoms with Crippen LogP contribution in [0.5, 0.6) is 0 Å². The predicted molar refractivity (Wildman–Crippen MR) is 102 cm³/mol. The van der Waals surface area contributed by atoms with Crippen LogP contribution < -0.4 is 16.0 Å². The molecule has 0 aliphatic carbocycles. The van der Waals surface area contributed by atoms with Crippen molar-refractivity contribution < 1.29 is 9.59 Å². The third kappa shape index (κ3) is 5.22. The summed E-state index contributed by atoms with van der Waals surface area (Å²) < 4.78 is 0. The highest BCUT2D eigenvalue weighted by Crippen LogP contribution is 2.22. The summed E-state index contributed by atoms with van der Waals surface area (Å²) in [6.45, 7) is 7.65. The van der Waals surface area contributed by atoms with Crippen LogP contribution in [0.25, 0.3) is 0 Å². The first-order valence-electron chi connectivity index (χ1n) is 7.95. The Morgan fingerprint density at radius 3 is 2.16 bits per heavy atom. The topological polar surface area (TPSA) is 70.2 Å². The lowest BCUT2D eigenvalue weighted by atomic mass is 10.1. The van der Waals surface area contributed by atoms with E-state index in [2.05, 4.69) is 16.0 Å². The number of amides is 3. The third-order valence-electron chi connectivity index (χ3n) is 3.78. The molecule has 3 N–H and O–H groups in total. The molecule has 0 atom stereocenters. The lowest BCUT2D eigenvalue weighted by Gasteiger charge is -2.13. The van der Waals surface area contributed by atoms with Gasteiger partial charge in [0.25, 0.3) is 0 Å². The highest BCUT2D eigenvalue weighted by Gasteiger charge is 2.10. The Morgan fingerprint density at radius 2 is 1.56 bits per heavy atom. The number of benzene rings is 2. The molecule has 2 aromatic rings. The largest absolute Gasteiger partial charge is 0.329 e. The smallest absolute Gasteiger partial charge is 0.319 e. The van der Waals surface area contributed by atoms with Gasteiger partial charge in [-0.3, -0.25) is 4.79 Å². The highest BCUT2D eigenvalue weighted by molar-refractivity contribution is 6.31. The molecule has 0 bridgehead atoms. The molecule has 2 aromatic carbocycles. The van der Waals surface area contributed by atoms with E-state index in [-0.39, 0.29) is 12.5 Å². The molecule has 0 aromatic heterocycles. The van der Waals surface area contributed by atoms with Crippen LogP contribution in [0.1, 0.15) is 22.3 Å². The van der Waals surface area contributed by atoms with Gasteiger partial charge in [-0.2, -0.15) is 0 Å². The fourth-order valence-corrected chi connectivity index (χ4v) is 2.75. The molecular weight excluding hydrogens is 338 g/mol. The van der Waals surface area contributed by atoms with E-state index in [9.17, 15) is 9.59 Å². The molecule has 0 unspecified atom stereocenters. The number of aryl methyl sites for hydroxylation is 4. The van der Waals surface area contributed by atoms with Crippen molar-refractivity contribution in [1.29, 1.82) is 0 Å². The van der Waals surface area contributed by atoms with E-state index in [0.29, 0.717) is 10.7 Å². The summed E-state index contributed by atoms with van der Waals surface area (Å²) in [6, 6.07) is 8.77. The van der Waals surface area contributed by atoms with Gasteiger partial charge < -0.3 is 16.0 Å². The van der Waals surface area contributed by atoms with Crippen molar-refractivity contribution in [2.75, 3.05) is 17.2 Å². The molecule has 0 spiro atoms. The average molecular weight is 360 g/mol. The SMILES string of the molecule is Cc1cc(C)c(NC(=O)CNC(=O)Nc2ccc(C)c(Cl)c2)c(C)c1.